The molecular weight excluding hydrogens is 218 g/mol. The lowest BCUT2D eigenvalue weighted by Gasteiger charge is -2.22. The van der Waals surface area contributed by atoms with Crippen molar-refractivity contribution in [2.75, 3.05) is 13.1 Å². The molecule has 1 atom stereocenters. The van der Waals surface area contributed by atoms with Crippen molar-refractivity contribution >= 4 is 0 Å². The molecule has 1 aromatic rings. The van der Waals surface area contributed by atoms with Crippen LogP contribution in [0.4, 0.5) is 0 Å². The van der Waals surface area contributed by atoms with Crippen molar-refractivity contribution in [3.63, 3.8) is 0 Å². The van der Waals surface area contributed by atoms with Gasteiger partial charge in [-0.3, -0.25) is 0 Å². The van der Waals surface area contributed by atoms with Gasteiger partial charge in [0.05, 0.1) is 0 Å². The lowest BCUT2D eigenvalue weighted by molar-refractivity contribution is 0.358. The number of aryl methyl sites for hydroxylation is 1. The van der Waals surface area contributed by atoms with Crippen molar-refractivity contribution in [1.82, 2.24) is 5.32 Å². The van der Waals surface area contributed by atoms with Crippen molar-refractivity contribution in [2.24, 2.45) is 11.8 Å². The normalized spacial score (nSPS) is 20.3. The van der Waals surface area contributed by atoms with Crippen LogP contribution in [0.2, 0.25) is 0 Å². The van der Waals surface area contributed by atoms with E-state index in [1.165, 1.54) is 56.3 Å². The Morgan fingerprint density at radius 3 is 2.50 bits per heavy atom. The van der Waals surface area contributed by atoms with Crippen molar-refractivity contribution in [1.29, 1.82) is 0 Å². The average molecular weight is 245 g/mol. The van der Waals surface area contributed by atoms with Gasteiger partial charge in [-0.25, -0.2) is 0 Å². The molecular formula is C17H27N. The van der Waals surface area contributed by atoms with Gasteiger partial charge in [-0.2, -0.15) is 0 Å². The lowest BCUT2D eigenvalue weighted by Crippen LogP contribution is -2.29. The van der Waals surface area contributed by atoms with E-state index in [-0.39, 0.29) is 0 Å². The van der Waals surface area contributed by atoms with Crippen molar-refractivity contribution < 1.29 is 0 Å². The molecule has 0 aromatic heterocycles. The third-order valence-corrected chi connectivity index (χ3v) is 3.91. The summed E-state index contributed by atoms with van der Waals surface area (Å²) < 4.78 is 0. The fourth-order valence-electron chi connectivity index (χ4n) is 2.85. The van der Waals surface area contributed by atoms with Gasteiger partial charge in [0, 0.05) is 0 Å². The molecule has 0 aliphatic carbocycles. The minimum Gasteiger partial charge on any atom is -0.316 e. The number of hydrogen-bond donors (Lipinski definition) is 1. The highest BCUT2D eigenvalue weighted by molar-refractivity contribution is 5.23. The summed E-state index contributed by atoms with van der Waals surface area (Å²) in [6, 6.07) is 9.28. The second-order valence-corrected chi connectivity index (χ2v) is 6.17. The van der Waals surface area contributed by atoms with E-state index in [9.17, 15) is 0 Å². The highest BCUT2D eigenvalue weighted by Gasteiger charge is 2.12. The third kappa shape index (κ3) is 4.45. The van der Waals surface area contributed by atoms with Crippen LogP contribution < -0.4 is 5.32 Å². The molecule has 0 spiro atoms. The van der Waals surface area contributed by atoms with Gasteiger partial charge in [0.1, 0.15) is 0 Å². The smallest absolute Gasteiger partial charge is 0.00204 e. The maximum absolute atomic E-state index is 3.50. The van der Waals surface area contributed by atoms with Gasteiger partial charge in [0.15, 0.2) is 0 Å². The van der Waals surface area contributed by atoms with Gasteiger partial charge in [0.25, 0.3) is 0 Å². The maximum atomic E-state index is 3.50. The van der Waals surface area contributed by atoms with Gasteiger partial charge in [-0.05, 0) is 68.2 Å². The van der Waals surface area contributed by atoms with Crippen molar-refractivity contribution in [2.45, 2.75) is 46.0 Å². The number of hydrogen-bond acceptors (Lipinski definition) is 1. The summed E-state index contributed by atoms with van der Waals surface area (Å²) in [7, 11) is 0. The Hall–Kier alpha value is -0.820. The Labute approximate surface area is 112 Å². The van der Waals surface area contributed by atoms with Crippen LogP contribution in [0.5, 0.6) is 0 Å². The summed E-state index contributed by atoms with van der Waals surface area (Å²) >= 11 is 0. The third-order valence-electron chi connectivity index (χ3n) is 3.91. The molecule has 1 heterocycles. The summed E-state index contributed by atoms with van der Waals surface area (Å²) in [6.07, 6.45) is 6.56. The van der Waals surface area contributed by atoms with E-state index in [1.807, 2.05) is 0 Å². The van der Waals surface area contributed by atoms with Gasteiger partial charge in [0.2, 0.25) is 0 Å². The molecule has 100 valence electrons. The molecule has 1 fully saturated rings. The zero-order valence-corrected chi connectivity index (χ0v) is 11.9. The van der Waals surface area contributed by atoms with E-state index in [1.54, 1.807) is 0 Å². The second-order valence-electron chi connectivity index (χ2n) is 6.17. The van der Waals surface area contributed by atoms with E-state index in [2.05, 4.69) is 43.4 Å². The Morgan fingerprint density at radius 2 is 1.89 bits per heavy atom. The van der Waals surface area contributed by atoms with Crippen molar-refractivity contribution in [3.8, 4) is 0 Å². The Morgan fingerprint density at radius 1 is 1.17 bits per heavy atom. The quantitative estimate of drug-likeness (QED) is 0.831. The molecule has 1 nitrogen and oxygen atoms in total. The number of nitrogens with one attached hydrogen (secondary N) is 1. The first-order chi connectivity index (χ1) is 8.74. The highest BCUT2D eigenvalue weighted by atomic mass is 14.9. The zero-order valence-electron chi connectivity index (χ0n) is 11.9. The SMILES string of the molecule is CC(C)Cc1ccc(CCC2CCCNC2)cc1. The first-order valence-electron chi connectivity index (χ1n) is 7.52. The minimum atomic E-state index is 0.754. The van der Waals surface area contributed by atoms with E-state index in [4.69, 9.17) is 0 Å². The Kier molecular flexibility index (Phi) is 5.25. The predicted molar refractivity (Wildman–Crippen MR) is 78.9 cm³/mol. The number of rotatable bonds is 5. The summed E-state index contributed by atoms with van der Waals surface area (Å²) in [5, 5.41) is 3.50. The van der Waals surface area contributed by atoms with Crippen LogP contribution in [0.3, 0.4) is 0 Å². The maximum Gasteiger partial charge on any atom is -0.00204 e. The van der Waals surface area contributed by atoms with Crippen LogP contribution >= 0.6 is 0 Å². The van der Waals surface area contributed by atoms with E-state index in [0.29, 0.717) is 0 Å². The molecule has 2 rings (SSSR count). The van der Waals surface area contributed by atoms with Crippen LogP contribution in [0, 0.1) is 11.8 Å². The van der Waals surface area contributed by atoms with E-state index < -0.39 is 0 Å². The standard InChI is InChI=1S/C17H27N/c1-14(2)12-16-8-5-15(6-9-16)7-10-17-4-3-11-18-13-17/h5-6,8-9,14,17-18H,3-4,7,10-13H2,1-2H3. The van der Waals surface area contributed by atoms with Crippen LogP contribution in [0.15, 0.2) is 24.3 Å². The largest absolute Gasteiger partial charge is 0.316 e. The molecule has 1 unspecified atom stereocenters. The monoisotopic (exact) mass is 245 g/mol. The second kappa shape index (κ2) is 6.94. The Balaban J connectivity index is 1.78. The molecule has 0 amide bonds. The molecule has 1 saturated heterocycles. The van der Waals surface area contributed by atoms with E-state index in [0.717, 1.165) is 11.8 Å². The van der Waals surface area contributed by atoms with Gasteiger partial charge < -0.3 is 5.32 Å². The topological polar surface area (TPSA) is 12.0 Å². The first kappa shape index (κ1) is 13.6. The highest BCUT2D eigenvalue weighted by Crippen LogP contribution is 2.18. The first-order valence-corrected chi connectivity index (χ1v) is 7.52. The van der Waals surface area contributed by atoms with E-state index >= 15 is 0 Å². The number of piperidine rings is 1. The Bertz CT molecular complexity index is 333. The number of benzene rings is 1. The predicted octanol–water partition coefficient (Wildman–Crippen LogP) is 3.82. The fraction of sp³-hybridized carbons (Fsp3) is 0.647. The molecule has 1 aromatic carbocycles. The summed E-state index contributed by atoms with van der Waals surface area (Å²) in [5.74, 6) is 1.65. The zero-order chi connectivity index (χ0) is 12.8. The van der Waals surface area contributed by atoms with Crippen LogP contribution in [-0.4, -0.2) is 13.1 Å². The van der Waals surface area contributed by atoms with Gasteiger partial charge >= 0.3 is 0 Å². The molecule has 0 radical (unpaired) electrons. The molecule has 0 saturated carbocycles. The molecule has 1 aliphatic heterocycles. The van der Waals surface area contributed by atoms with Crippen LogP contribution in [0.1, 0.15) is 44.2 Å². The molecule has 1 N–H and O–H groups in total. The van der Waals surface area contributed by atoms with Crippen molar-refractivity contribution in [3.05, 3.63) is 35.4 Å². The summed E-state index contributed by atoms with van der Waals surface area (Å²) in [4.78, 5) is 0. The molecule has 0 bridgehead atoms. The fourth-order valence-corrected chi connectivity index (χ4v) is 2.85. The van der Waals surface area contributed by atoms with Crippen LogP contribution in [0.25, 0.3) is 0 Å². The minimum absolute atomic E-state index is 0.754. The molecule has 1 aliphatic rings. The summed E-state index contributed by atoms with van der Waals surface area (Å²) in [5.41, 5.74) is 2.99. The van der Waals surface area contributed by atoms with Gasteiger partial charge in [-0.15, -0.1) is 0 Å². The molecule has 1 heteroatoms. The average Bonchev–Trinajstić information content (AvgIpc) is 2.38. The van der Waals surface area contributed by atoms with Crippen LogP contribution in [-0.2, 0) is 12.8 Å². The lowest BCUT2D eigenvalue weighted by atomic mass is 9.92. The summed E-state index contributed by atoms with van der Waals surface area (Å²) in [6.45, 7) is 7.01. The van der Waals surface area contributed by atoms with Gasteiger partial charge in [-0.1, -0.05) is 38.1 Å². The molecule has 18 heavy (non-hydrogen) atoms.